The second-order valence-corrected chi connectivity index (χ2v) is 7.72. The molecule has 0 saturated carbocycles. The minimum Gasteiger partial charge on any atom is -0.340 e. The molecule has 0 saturated heterocycles. The summed E-state index contributed by atoms with van der Waals surface area (Å²) in [6.45, 7) is 3.41. The van der Waals surface area contributed by atoms with Gasteiger partial charge in [-0.1, -0.05) is 86.0 Å². The molecule has 1 nitrogen and oxygen atoms in total. The first-order valence-electron chi connectivity index (χ1n) is 9.47. The van der Waals surface area contributed by atoms with Gasteiger partial charge in [0.15, 0.2) is 0 Å². The molecule has 0 unspecified atom stereocenters. The lowest BCUT2D eigenvalue weighted by molar-refractivity contribution is 0.553. The Labute approximate surface area is 154 Å². The molecule has 1 aromatic heterocycles. The van der Waals surface area contributed by atoms with Gasteiger partial charge in [0.2, 0.25) is 0 Å². The van der Waals surface area contributed by atoms with E-state index in [-0.39, 0.29) is 0 Å². The molecule has 2 aromatic carbocycles. The van der Waals surface area contributed by atoms with Gasteiger partial charge in [0.05, 0.1) is 0 Å². The lowest BCUT2D eigenvalue weighted by atomic mass is 10.1. The van der Waals surface area contributed by atoms with Crippen molar-refractivity contribution in [2.45, 2.75) is 64.8 Å². The van der Waals surface area contributed by atoms with Crippen LogP contribution in [0.3, 0.4) is 0 Å². The number of fused-ring (bicyclic) bond motifs is 3. The number of para-hydroxylation sites is 1. The van der Waals surface area contributed by atoms with Crippen LogP contribution in [-0.4, -0.2) is 4.57 Å². The maximum Gasteiger partial charge on any atom is 0.0492 e. The maximum absolute atomic E-state index is 3.62. The molecular weight excluding hydrogens is 358 g/mol. The van der Waals surface area contributed by atoms with E-state index in [9.17, 15) is 0 Å². The summed E-state index contributed by atoms with van der Waals surface area (Å²) in [5.74, 6) is 0. The molecule has 0 fully saturated rings. The highest BCUT2D eigenvalue weighted by Gasteiger charge is 2.10. The molecule has 0 N–H and O–H groups in total. The van der Waals surface area contributed by atoms with Crippen LogP contribution in [0.25, 0.3) is 21.8 Å². The van der Waals surface area contributed by atoms with Crippen LogP contribution >= 0.6 is 15.9 Å². The third-order valence-electron chi connectivity index (χ3n) is 4.97. The molecule has 3 aromatic rings. The second-order valence-electron chi connectivity index (χ2n) is 6.81. The van der Waals surface area contributed by atoms with E-state index in [0.29, 0.717) is 0 Å². The molecule has 128 valence electrons. The van der Waals surface area contributed by atoms with Crippen molar-refractivity contribution in [3.63, 3.8) is 0 Å². The number of aromatic nitrogens is 1. The molecule has 0 aliphatic heterocycles. The molecule has 2 heteroatoms. The quantitative estimate of drug-likeness (QED) is 0.332. The fraction of sp³-hybridized carbons (Fsp3) is 0.455. The summed E-state index contributed by atoms with van der Waals surface area (Å²) in [6, 6.07) is 15.5. The molecule has 3 rings (SSSR count). The van der Waals surface area contributed by atoms with Crippen LogP contribution in [0.2, 0.25) is 0 Å². The topological polar surface area (TPSA) is 4.93 Å². The standard InChI is InChI=1S/C22H28BrN/c1-2-3-4-5-6-7-8-11-16-24-21-13-10-9-12-19(21)20-17-18(23)14-15-22(20)24/h9-10,12-15,17H,2-8,11,16H2,1H3. The van der Waals surface area contributed by atoms with Crippen LogP contribution in [0.1, 0.15) is 58.3 Å². The number of hydrogen-bond acceptors (Lipinski definition) is 0. The zero-order valence-electron chi connectivity index (χ0n) is 14.7. The van der Waals surface area contributed by atoms with E-state index in [1.807, 2.05) is 0 Å². The molecule has 24 heavy (non-hydrogen) atoms. The van der Waals surface area contributed by atoms with Crippen molar-refractivity contribution >= 4 is 37.7 Å². The fourth-order valence-corrected chi connectivity index (χ4v) is 4.03. The second kappa shape index (κ2) is 8.71. The zero-order valence-corrected chi connectivity index (χ0v) is 16.3. The predicted molar refractivity (Wildman–Crippen MR) is 110 cm³/mol. The number of hydrogen-bond donors (Lipinski definition) is 0. The van der Waals surface area contributed by atoms with Crippen molar-refractivity contribution < 1.29 is 0 Å². The van der Waals surface area contributed by atoms with Crippen molar-refractivity contribution in [2.24, 2.45) is 0 Å². The zero-order chi connectivity index (χ0) is 16.8. The highest BCUT2D eigenvalue weighted by molar-refractivity contribution is 9.10. The van der Waals surface area contributed by atoms with E-state index < -0.39 is 0 Å². The number of nitrogens with zero attached hydrogens (tertiary/aromatic N) is 1. The van der Waals surface area contributed by atoms with Gasteiger partial charge in [-0.25, -0.2) is 0 Å². The third-order valence-corrected chi connectivity index (χ3v) is 5.46. The van der Waals surface area contributed by atoms with E-state index in [1.165, 1.54) is 73.2 Å². The molecular formula is C22H28BrN. The van der Waals surface area contributed by atoms with Crippen LogP contribution in [0.4, 0.5) is 0 Å². The molecule has 1 heterocycles. The summed E-state index contributed by atoms with van der Waals surface area (Å²) >= 11 is 3.62. The lowest BCUT2D eigenvalue weighted by Crippen LogP contribution is -1.97. The van der Waals surface area contributed by atoms with Gasteiger partial charge in [-0.05, 0) is 30.7 Å². The maximum atomic E-state index is 3.62. The Kier molecular flexibility index (Phi) is 6.37. The summed E-state index contributed by atoms with van der Waals surface area (Å²) in [5, 5.41) is 2.73. The van der Waals surface area contributed by atoms with Crippen molar-refractivity contribution in [1.29, 1.82) is 0 Å². The number of unbranched alkanes of at least 4 members (excludes halogenated alkanes) is 7. The average molecular weight is 386 g/mol. The van der Waals surface area contributed by atoms with Gasteiger partial charge in [0.1, 0.15) is 0 Å². The molecule has 0 atom stereocenters. The van der Waals surface area contributed by atoms with Gasteiger partial charge in [-0.2, -0.15) is 0 Å². The van der Waals surface area contributed by atoms with Gasteiger partial charge in [-0.15, -0.1) is 0 Å². The molecule has 0 aliphatic carbocycles. The number of aryl methyl sites for hydroxylation is 1. The molecule has 0 aliphatic rings. The Morgan fingerprint density at radius 2 is 1.42 bits per heavy atom. The van der Waals surface area contributed by atoms with Crippen LogP contribution in [-0.2, 0) is 6.54 Å². The number of benzene rings is 2. The van der Waals surface area contributed by atoms with Crippen molar-refractivity contribution in [1.82, 2.24) is 4.57 Å². The van der Waals surface area contributed by atoms with Gasteiger partial charge in [-0.3, -0.25) is 0 Å². The first-order chi connectivity index (χ1) is 11.8. The average Bonchev–Trinajstić information content (AvgIpc) is 2.91. The Morgan fingerprint density at radius 3 is 2.21 bits per heavy atom. The van der Waals surface area contributed by atoms with Crippen molar-refractivity contribution in [3.05, 3.63) is 46.9 Å². The Bertz CT molecular complexity index is 787. The number of halogens is 1. The Hall–Kier alpha value is -1.28. The minimum absolute atomic E-state index is 1.13. The van der Waals surface area contributed by atoms with Crippen molar-refractivity contribution in [2.75, 3.05) is 0 Å². The largest absolute Gasteiger partial charge is 0.340 e. The van der Waals surface area contributed by atoms with Gasteiger partial charge in [0, 0.05) is 32.8 Å². The summed E-state index contributed by atoms with van der Waals surface area (Å²) in [5.41, 5.74) is 2.73. The highest BCUT2D eigenvalue weighted by Crippen LogP contribution is 2.31. The van der Waals surface area contributed by atoms with Crippen LogP contribution in [0.5, 0.6) is 0 Å². The Balaban J connectivity index is 1.65. The van der Waals surface area contributed by atoms with Crippen LogP contribution < -0.4 is 0 Å². The van der Waals surface area contributed by atoms with E-state index in [0.717, 1.165) is 11.0 Å². The van der Waals surface area contributed by atoms with Gasteiger partial charge >= 0.3 is 0 Å². The first kappa shape index (κ1) is 17.5. The normalized spacial score (nSPS) is 11.6. The fourth-order valence-electron chi connectivity index (χ4n) is 3.67. The summed E-state index contributed by atoms with van der Waals surface area (Å²) in [7, 11) is 0. The van der Waals surface area contributed by atoms with E-state index in [1.54, 1.807) is 0 Å². The molecule has 0 bridgehead atoms. The Morgan fingerprint density at radius 1 is 0.750 bits per heavy atom. The molecule has 0 spiro atoms. The monoisotopic (exact) mass is 385 g/mol. The SMILES string of the molecule is CCCCCCCCCCn1c2ccccc2c2cc(Br)ccc21. The predicted octanol–water partition coefficient (Wildman–Crippen LogP) is 7.70. The first-order valence-corrected chi connectivity index (χ1v) is 10.3. The lowest BCUT2D eigenvalue weighted by Gasteiger charge is -2.08. The summed E-state index contributed by atoms with van der Waals surface area (Å²) in [6.07, 6.45) is 11.0. The van der Waals surface area contributed by atoms with Gasteiger partial charge < -0.3 is 4.57 Å². The van der Waals surface area contributed by atoms with E-state index >= 15 is 0 Å². The number of rotatable bonds is 9. The van der Waals surface area contributed by atoms with E-state index in [2.05, 4.69) is 69.9 Å². The van der Waals surface area contributed by atoms with Crippen LogP contribution in [0, 0.1) is 0 Å². The van der Waals surface area contributed by atoms with Gasteiger partial charge in [0.25, 0.3) is 0 Å². The summed E-state index contributed by atoms with van der Waals surface area (Å²) in [4.78, 5) is 0. The smallest absolute Gasteiger partial charge is 0.0492 e. The third kappa shape index (κ3) is 4.03. The minimum atomic E-state index is 1.13. The van der Waals surface area contributed by atoms with Crippen molar-refractivity contribution in [3.8, 4) is 0 Å². The molecule has 0 radical (unpaired) electrons. The van der Waals surface area contributed by atoms with E-state index in [4.69, 9.17) is 0 Å². The van der Waals surface area contributed by atoms with Crippen LogP contribution in [0.15, 0.2) is 46.9 Å². The summed E-state index contributed by atoms with van der Waals surface area (Å²) < 4.78 is 3.67. The highest BCUT2D eigenvalue weighted by atomic mass is 79.9. The molecule has 0 amide bonds.